The van der Waals surface area contributed by atoms with E-state index >= 15 is 0 Å². The van der Waals surface area contributed by atoms with Crippen LogP contribution in [0.3, 0.4) is 0 Å². The Morgan fingerprint density at radius 2 is 1.92 bits per heavy atom. The molecule has 1 aromatic carbocycles. The number of carbonyl (C=O) groups excluding carboxylic acids is 1. The zero-order chi connectivity index (χ0) is 18.1. The van der Waals surface area contributed by atoms with Gasteiger partial charge in [0.2, 0.25) is 5.78 Å². The summed E-state index contributed by atoms with van der Waals surface area (Å²) in [6.07, 6.45) is 6.07. The maximum Gasteiger partial charge on any atom is 0.265 e. The molecule has 0 fully saturated rings. The first-order valence-electron chi connectivity index (χ1n) is 7.36. The third-order valence-corrected chi connectivity index (χ3v) is 5.28. The second kappa shape index (κ2) is 6.91. The predicted octanol–water partition coefficient (Wildman–Crippen LogP) is 3.84. The molecule has 128 valence electrons. The fraction of sp³-hybridized carbons (Fsp3) is 0. The molecule has 0 saturated heterocycles. The van der Waals surface area contributed by atoms with Crippen LogP contribution in [0.2, 0.25) is 5.02 Å². The minimum absolute atomic E-state index is 0.143. The highest BCUT2D eigenvalue weighted by Crippen LogP contribution is 2.20. The molecule has 26 heavy (non-hydrogen) atoms. The van der Waals surface area contributed by atoms with Gasteiger partial charge in [0.1, 0.15) is 17.0 Å². The summed E-state index contributed by atoms with van der Waals surface area (Å²) in [5, 5.41) is 5.25. The molecule has 0 atom stereocenters. The quantitative estimate of drug-likeness (QED) is 0.384. The van der Waals surface area contributed by atoms with Crippen LogP contribution in [0.25, 0.3) is 22.7 Å². The lowest BCUT2D eigenvalue weighted by atomic mass is 10.2. The van der Waals surface area contributed by atoms with Gasteiger partial charge in [0, 0.05) is 34.3 Å². The van der Waals surface area contributed by atoms with Gasteiger partial charge in [-0.3, -0.25) is 14.2 Å². The minimum Gasteiger partial charge on any atom is -0.284 e. The fourth-order valence-electron chi connectivity index (χ4n) is 2.38. The molecule has 3 aromatic heterocycles. The minimum atomic E-state index is -0.368. The molecule has 0 bridgehead atoms. The SMILES string of the molecule is O=C(/C(=C/c1nccs1)n1cnc2cc(Cl)ccc2c1=O)c1nccs1. The molecule has 0 spiro atoms. The smallest absolute Gasteiger partial charge is 0.265 e. The lowest BCUT2D eigenvalue weighted by molar-refractivity contribution is 0.105. The number of nitrogens with zero attached hydrogens (tertiary/aromatic N) is 4. The average molecular weight is 401 g/mol. The predicted molar refractivity (Wildman–Crippen MR) is 104 cm³/mol. The number of carbonyl (C=O) groups is 1. The first-order valence-corrected chi connectivity index (χ1v) is 9.50. The van der Waals surface area contributed by atoms with Crippen molar-refractivity contribution in [3.8, 4) is 0 Å². The van der Waals surface area contributed by atoms with Crippen LogP contribution >= 0.6 is 34.3 Å². The number of thiazole rings is 2. The Balaban J connectivity index is 1.93. The van der Waals surface area contributed by atoms with Crippen molar-refractivity contribution in [2.24, 2.45) is 0 Å². The highest BCUT2D eigenvalue weighted by molar-refractivity contribution is 7.12. The normalized spacial score (nSPS) is 11.8. The summed E-state index contributed by atoms with van der Waals surface area (Å²) in [7, 11) is 0. The average Bonchev–Trinajstić information content (AvgIpc) is 3.34. The third kappa shape index (κ3) is 3.10. The number of fused-ring (bicyclic) bond motifs is 1. The highest BCUT2D eigenvalue weighted by atomic mass is 35.5. The Labute approximate surface area is 160 Å². The summed E-state index contributed by atoms with van der Waals surface area (Å²) >= 11 is 8.53. The van der Waals surface area contributed by atoms with Crippen LogP contribution < -0.4 is 5.56 Å². The molecule has 0 aliphatic rings. The van der Waals surface area contributed by atoms with Crippen molar-refractivity contribution in [3.63, 3.8) is 0 Å². The van der Waals surface area contributed by atoms with Gasteiger partial charge in [-0.25, -0.2) is 15.0 Å². The summed E-state index contributed by atoms with van der Waals surface area (Å²) in [5.74, 6) is -0.368. The van der Waals surface area contributed by atoms with E-state index in [4.69, 9.17) is 11.6 Å². The molecule has 0 radical (unpaired) electrons. The number of aromatic nitrogens is 4. The second-order valence-corrected chi connectivity index (χ2v) is 7.40. The van der Waals surface area contributed by atoms with Gasteiger partial charge >= 0.3 is 0 Å². The molecule has 0 amide bonds. The molecule has 9 heteroatoms. The molecule has 6 nitrogen and oxygen atoms in total. The highest BCUT2D eigenvalue weighted by Gasteiger charge is 2.20. The fourth-order valence-corrected chi connectivity index (χ4v) is 3.69. The molecule has 0 unspecified atom stereocenters. The van der Waals surface area contributed by atoms with E-state index < -0.39 is 0 Å². The van der Waals surface area contributed by atoms with Crippen LogP contribution in [0.4, 0.5) is 0 Å². The van der Waals surface area contributed by atoms with Crippen LogP contribution in [0.15, 0.2) is 52.5 Å². The number of allylic oxidation sites excluding steroid dienone is 1. The number of rotatable bonds is 4. The first-order chi connectivity index (χ1) is 12.6. The van der Waals surface area contributed by atoms with Gasteiger partial charge in [-0.2, -0.15) is 0 Å². The van der Waals surface area contributed by atoms with Crippen molar-refractivity contribution in [2.45, 2.75) is 0 Å². The lowest BCUT2D eigenvalue weighted by Gasteiger charge is -2.09. The van der Waals surface area contributed by atoms with Crippen molar-refractivity contribution in [2.75, 3.05) is 0 Å². The largest absolute Gasteiger partial charge is 0.284 e. The Hall–Kier alpha value is -2.68. The topological polar surface area (TPSA) is 77.7 Å². The van der Waals surface area contributed by atoms with Crippen LogP contribution in [-0.2, 0) is 0 Å². The molecule has 0 aliphatic carbocycles. The molecule has 0 aliphatic heterocycles. The number of ketones is 1. The maximum atomic E-state index is 12.9. The number of hydrogen-bond acceptors (Lipinski definition) is 7. The van der Waals surface area contributed by atoms with Gasteiger partial charge in [0.05, 0.1) is 10.9 Å². The molecule has 0 saturated carbocycles. The molecular formula is C17H9ClN4O2S2. The van der Waals surface area contributed by atoms with Gasteiger partial charge in [-0.05, 0) is 18.2 Å². The van der Waals surface area contributed by atoms with E-state index in [0.717, 1.165) is 0 Å². The molecular weight excluding hydrogens is 392 g/mol. The second-order valence-electron chi connectivity index (χ2n) is 5.15. The number of benzene rings is 1. The van der Waals surface area contributed by atoms with E-state index in [1.807, 2.05) is 0 Å². The van der Waals surface area contributed by atoms with E-state index in [0.29, 0.717) is 20.9 Å². The van der Waals surface area contributed by atoms with Crippen LogP contribution in [0.5, 0.6) is 0 Å². The number of halogens is 1. The summed E-state index contributed by atoms with van der Waals surface area (Å²) in [4.78, 5) is 38.3. The number of hydrogen-bond donors (Lipinski definition) is 0. The maximum absolute atomic E-state index is 12.9. The molecule has 3 heterocycles. The van der Waals surface area contributed by atoms with E-state index in [9.17, 15) is 9.59 Å². The Kier molecular flexibility index (Phi) is 4.46. The van der Waals surface area contributed by atoms with Crippen molar-refractivity contribution >= 4 is 62.7 Å². The van der Waals surface area contributed by atoms with E-state index in [2.05, 4.69) is 15.0 Å². The summed E-state index contributed by atoms with van der Waals surface area (Å²) in [6.45, 7) is 0. The standard InChI is InChI=1S/C17H9ClN4O2S2/c18-10-1-2-11-12(7-10)21-9-22(17(11)24)13(8-14-19-3-5-25-14)15(23)16-20-4-6-26-16/h1-9H/b13-8-. The summed E-state index contributed by atoms with van der Waals surface area (Å²) < 4.78 is 1.22. The van der Waals surface area contributed by atoms with E-state index in [1.165, 1.54) is 33.6 Å². The van der Waals surface area contributed by atoms with Crippen molar-refractivity contribution in [1.29, 1.82) is 0 Å². The van der Waals surface area contributed by atoms with E-state index in [1.54, 1.807) is 47.4 Å². The monoisotopic (exact) mass is 400 g/mol. The molecule has 0 N–H and O–H groups in total. The first kappa shape index (κ1) is 16.8. The zero-order valence-corrected chi connectivity index (χ0v) is 15.4. The lowest BCUT2D eigenvalue weighted by Crippen LogP contribution is -2.23. The van der Waals surface area contributed by atoms with Crippen molar-refractivity contribution < 1.29 is 4.79 Å². The van der Waals surface area contributed by atoms with Crippen molar-refractivity contribution in [1.82, 2.24) is 19.5 Å². The Morgan fingerprint density at radius 3 is 2.65 bits per heavy atom. The molecule has 4 aromatic rings. The van der Waals surface area contributed by atoms with Crippen molar-refractivity contribution in [3.05, 3.63) is 73.1 Å². The number of Topliss-reactive ketones (excluding diaryl/α,β-unsaturated/α-hetero) is 1. The van der Waals surface area contributed by atoms with Crippen LogP contribution in [0, 0.1) is 0 Å². The van der Waals surface area contributed by atoms with Crippen LogP contribution in [-0.4, -0.2) is 25.3 Å². The zero-order valence-electron chi connectivity index (χ0n) is 13.0. The molecule has 4 rings (SSSR count). The van der Waals surface area contributed by atoms with Gasteiger partial charge in [0.25, 0.3) is 5.56 Å². The summed E-state index contributed by atoms with van der Waals surface area (Å²) in [5.41, 5.74) is 0.248. The summed E-state index contributed by atoms with van der Waals surface area (Å²) in [6, 6.07) is 4.82. The Morgan fingerprint density at radius 1 is 1.12 bits per heavy atom. The van der Waals surface area contributed by atoms with Gasteiger partial charge in [0.15, 0.2) is 5.01 Å². The van der Waals surface area contributed by atoms with E-state index in [-0.39, 0.29) is 22.0 Å². The van der Waals surface area contributed by atoms with Gasteiger partial charge in [-0.1, -0.05) is 11.6 Å². The van der Waals surface area contributed by atoms with Gasteiger partial charge in [-0.15, -0.1) is 22.7 Å². The van der Waals surface area contributed by atoms with Crippen LogP contribution in [0.1, 0.15) is 14.8 Å². The van der Waals surface area contributed by atoms with Gasteiger partial charge < -0.3 is 0 Å². The Bertz CT molecular complexity index is 1180. The third-order valence-electron chi connectivity index (χ3n) is 3.55.